The lowest BCUT2D eigenvalue weighted by Gasteiger charge is -2.27. The van der Waals surface area contributed by atoms with E-state index in [1.54, 1.807) is 19.2 Å². The maximum Gasteiger partial charge on any atom is 0.387 e. The van der Waals surface area contributed by atoms with Crippen LogP contribution in [0.5, 0.6) is 5.75 Å². The Bertz CT molecular complexity index is 611. The van der Waals surface area contributed by atoms with Crippen LogP contribution in [0.25, 0.3) is 0 Å². The molecule has 1 aromatic carbocycles. The summed E-state index contributed by atoms with van der Waals surface area (Å²) in [6.07, 6.45) is 1.52. The summed E-state index contributed by atoms with van der Waals surface area (Å²) < 4.78 is 35.9. The van der Waals surface area contributed by atoms with E-state index in [-0.39, 0.29) is 24.3 Å². The number of ether oxygens (including phenoxy) is 2. The van der Waals surface area contributed by atoms with Crippen LogP contribution in [0.1, 0.15) is 18.4 Å². The highest BCUT2D eigenvalue weighted by atomic mass is 79.9. The van der Waals surface area contributed by atoms with E-state index in [9.17, 15) is 13.9 Å². The Morgan fingerprint density at radius 1 is 1.46 bits per heavy atom. The average Bonchev–Trinajstić information content (AvgIpc) is 3.06. The van der Waals surface area contributed by atoms with Crippen LogP contribution in [0.15, 0.2) is 27.7 Å². The second kappa shape index (κ2) is 10.0. The van der Waals surface area contributed by atoms with Gasteiger partial charge in [-0.1, -0.05) is 15.9 Å². The highest BCUT2D eigenvalue weighted by Gasteiger charge is 2.34. The van der Waals surface area contributed by atoms with Crippen LogP contribution < -0.4 is 15.4 Å². The number of nitrogens with zero attached hydrogens (tertiary/aromatic N) is 1. The predicted molar refractivity (Wildman–Crippen MR) is 98.5 cm³/mol. The molecule has 0 bridgehead atoms. The minimum absolute atomic E-state index is 0.101. The van der Waals surface area contributed by atoms with Gasteiger partial charge in [0.25, 0.3) is 0 Å². The fourth-order valence-corrected chi connectivity index (χ4v) is 3.29. The lowest BCUT2D eigenvalue weighted by atomic mass is 9.84. The number of alkyl halides is 2. The first-order valence-electron chi connectivity index (χ1n) is 8.34. The molecule has 1 unspecified atom stereocenters. The third-order valence-electron chi connectivity index (χ3n) is 4.37. The van der Waals surface area contributed by atoms with Crippen molar-refractivity contribution < 1.29 is 23.4 Å². The summed E-state index contributed by atoms with van der Waals surface area (Å²) in [7, 11) is 1.64. The van der Waals surface area contributed by atoms with Gasteiger partial charge in [-0.05, 0) is 31.0 Å². The summed E-state index contributed by atoms with van der Waals surface area (Å²) in [6.45, 7) is -0.636. The lowest BCUT2D eigenvalue weighted by Crippen LogP contribution is -2.44. The Morgan fingerprint density at radius 2 is 2.27 bits per heavy atom. The molecule has 1 heterocycles. The van der Waals surface area contributed by atoms with Gasteiger partial charge >= 0.3 is 6.61 Å². The second-order valence-corrected chi connectivity index (χ2v) is 7.10. The number of aliphatic hydroxyl groups is 1. The van der Waals surface area contributed by atoms with Crippen molar-refractivity contribution in [3.63, 3.8) is 0 Å². The molecule has 1 atom stereocenters. The van der Waals surface area contributed by atoms with Crippen molar-refractivity contribution in [1.82, 2.24) is 10.6 Å². The summed E-state index contributed by atoms with van der Waals surface area (Å²) in [5.74, 6) is 0.657. The van der Waals surface area contributed by atoms with Gasteiger partial charge in [0, 0.05) is 48.8 Å². The Balaban J connectivity index is 1.95. The van der Waals surface area contributed by atoms with Gasteiger partial charge in [0.2, 0.25) is 0 Å². The van der Waals surface area contributed by atoms with E-state index in [0.29, 0.717) is 37.7 Å². The van der Waals surface area contributed by atoms with Gasteiger partial charge in [0.05, 0.1) is 6.61 Å². The smallest absolute Gasteiger partial charge is 0.387 e. The standard InChI is InChI=1S/C17H24BrF2N3O3/c1-21-16(23-10-17(4-6-24)5-7-25-11-17)22-9-12-8-13(18)2-3-14(12)26-15(19)20/h2-3,8,15,24H,4-7,9-11H2,1H3,(H2,21,22,23). The van der Waals surface area contributed by atoms with Gasteiger partial charge in [-0.2, -0.15) is 8.78 Å². The third-order valence-corrected chi connectivity index (χ3v) is 4.86. The largest absolute Gasteiger partial charge is 0.434 e. The zero-order valence-electron chi connectivity index (χ0n) is 14.6. The van der Waals surface area contributed by atoms with E-state index >= 15 is 0 Å². The zero-order chi connectivity index (χ0) is 19.0. The Labute approximate surface area is 160 Å². The van der Waals surface area contributed by atoms with E-state index in [1.165, 1.54) is 6.07 Å². The number of nitrogens with one attached hydrogen (secondary N) is 2. The summed E-state index contributed by atoms with van der Waals surface area (Å²) in [5, 5.41) is 15.6. The first-order chi connectivity index (χ1) is 12.5. The molecule has 6 nitrogen and oxygen atoms in total. The molecule has 0 radical (unpaired) electrons. The Kier molecular flexibility index (Phi) is 8.05. The van der Waals surface area contributed by atoms with Crippen molar-refractivity contribution in [2.45, 2.75) is 26.0 Å². The molecule has 9 heteroatoms. The van der Waals surface area contributed by atoms with E-state index in [2.05, 4.69) is 36.3 Å². The van der Waals surface area contributed by atoms with E-state index in [4.69, 9.17) is 4.74 Å². The molecule has 1 fully saturated rings. The maximum atomic E-state index is 12.6. The number of benzene rings is 1. The van der Waals surface area contributed by atoms with Crippen LogP contribution in [0.2, 0.25) is 0 Å². The van der Waals surface area contributed by atoms with Crippen molar-refractivity contribution in [2.75, 3.05) is 33.4 Å². The molecular weight excluding hydrogens is 412 g/mol. The van der Waals surface area contributed by atoms with E-state index < -0.39 is 6.61 Å². The van der Waals surface area contributed by atoms with Gasteiger partial charge in [-0.25, -0.2) is 0 Å². The van der Waals surface area contributed by atoms with Crippen molar-refractivity contribution in [3.05, 3.63) is 28.2 Å². The van der Waals surface area contributed by atoms with Crippen LogP contribution in [0, 0.1) is 5.41 Å². The molecule has 1 aliphatic heterocycles. The molecule has 0 saturated carbocycles. The molecule has 146 valence electrons. The number of hydrogen-bond donors (Lipinski definition) is 3. The second-order valence-electron chi connectivity index (χ2n) is 6.19. The molecule has 1 aliphatic rings. The Hall–Kier alpha value is -1.45. The van der Waals surface area contributed by atoms with Crippen LogP contribution in [0.3, 0.4) is 0 Å². The molecule has 1 aromatic rings. The van der Waals surface area contributed by atoms with Crippen molar-refractivity contribution in [1.29, 1.82) is 0 Å². The number of aliphatic hydroxyl groups excluding tert-OH is 1. The number of aliphatic imine (C=N–C) groups is 1. The van der Waals surface area contributed by atoms with Gasteiger partial charge in [0.15, 0.2) is 5.96 Å². The quantitative estimate of drug-likeness (QED) is 0.432. The van der Waals surface area contributed by atoms with Gasteiger partial charge in [-0.3, -0.25) is 4.99 Å². The highest BCUT2D eigenvalue weighted by Crippen LogP contribution is 2.31. The number of guanidine groups is 1. The van der Waals surface area contributed by atoms with Gasteiger partial charge in [-0.15, -0.1) is 0 Å². The van der Waals surface area contributed by atoms with Crippen LogP contribution in [-0.2, 0) is 11.3 Å². The molecule has 0 spiro atoms. The van der Waals surface area contributed by atoms with Crippen LogP contribution in [0.4, 0.5) is 8.78 Å². The molecule has 2 rings (SSSR count). The topological polar surface area (TPSA) is 75.1 Å². The third kappa shape index (κ3) is 6.07. The molecule has 1 saturated heterocycles. The fraction of sp³-hybridized carbons (Fsp3) is 0.588. The van der Waals surface area contributed by atoms with Gasteiger partial charge in [0.1, 0.15) is 5.75 Å². The first-order valence-corrected chi connectivity index (χ1v) is 9.14. The molecule has 3 N–H and O–H groups in total. The number of halogens is 3. The molecule has 0 aliphatic carbocycles. The minimum Gasteiger partial charge on any atom is -0.434 e. The summed E-state index contributed by atoms with van der Waals surface area (Å²) in [6, 6.07) is 4.86. The maximum absolute atomic E-state index is 12.6. The normalized spacial score (nSPS) is 20.5. The molecule has 26 heavy (non-hydrogen) atoms. The summed E-state index contributed by atoms with van der Waals surface area (Å²) in [4.78, 5) is 4.16. The molecule has 0 amide bonds. The monoisotopic (exact) mass is 435 g/mol. The van der Waals surface area contributed by atoms with Gasteiger partial charge < -0.3 is 25.2 Å². The SMILES string of the molecule is CN=C(NCc1cc(Br)ccc1OC(F)F)NCC1(CCO)CCOC1. The van der Waals surface area contributed by atoms with Crippen LogP contribution in [-0.4, -0.2) is 51.1 Å². The van der Waals surface area contributed by atoms with E-state index in [1.807, 2.05) is 0 Å². The lowest BCUT2D eigenvalue weighted by molar-refractivity contribution is -0.0504. The Morgan fingerprint density at radius 3 is 2.88 bits per heavy atom. The van der Waals surface area contributed by atoms with Crippen molar-refractivity contribution in [2.24, 2.45) is 10.4 Å². The highest BCUT2D eigenvalue weighted by molar-refractivity contribution is 9.10. The summed E-state index contributed by atoms with van der Waals surface area (Å²) >= 11 is 3.33. The van der Waals surface area contributed by atoms with Crippen molar-refractivity contribution >= 4 is 21.9 Å². The van der Waals surface area contributed by atoms with E-state index in [0.717, 1.165) is 10.9 Å². The number of rotatable bonds is 8. The van der Waals surface area contributed by atoms with Crippen molar-refractivity contribution in [3.8, 4) is 5.75 Å². The van der Waals surface area contributed by atoms with Crippen LogP contribution >= 0.6 is 15.9 Å². The summed E-state index contributed by atoms with van der Waals surface area (Å²) in [5.41, 5.74) is 0.462. The zero-order valence-corrected chi connectivity index (χ0v) is 16.2. The molecular formula is C17H24BrF2N3O3. The first kappa shape index (κ1) is 20.9. The average molecular weight is 436 g/mol. The minimum atomic E-state index is -2.88. The number of hydrogen-bond acceptors (Lipinski definition) is 4. The predicted octanol–water partition coefficient (Wildman–Crippen LogP) is 2.50. The molecule has 0 aromatic heterocycles. The fourth-order valence-electron chi connectivity index (χ4n) is 2.88.